The molecule has 0 bridgehead atoms. The maximum absolute atomic E-state index is 13.2. The van der Waals surface area contributed by atoms with Crippen molar-refractivity contribution in [3.8, 4) is 0 Å². The van der Waals surface area contributed by atoms with Crippen LogP contribution in [0.25, 0.3) is 0 Å². The molecule has 4 rings (SSSR count). The number of nitrogens with two attached hydrogens (primary N) is 1. The summed E-state index contributed by atoms with van der Waals surface area (Å²) in [5.41, 5.74) is 9.73. The Labute approximate surface area is 153 Å². The molecule has 1 aromatic carbocycles. The van der Waals surface area contributed by atoms with E-state index in [1.54, 1.807) is 4.90 Å². The molecule has 0 radical (unpaired) electrons. The molecule has 0 aliphatic carbocycles. The van der Waals surface area contributed by atoms with Crippen LogP contribution in [0.2, 0.25) is 0 Å². The summed E-state index contributed by atoms with van der Waals surface area (Å²) in [5, 5.41) is 3.32. The Bertz CT molecular complexity index is 852. The van der Waals surface area contributed by atoms with E-state index < -0.39 is 0 Å². The highest BCUT2D eigenvalue weighted by Crippen LogP contribution is 2.30. The van der Waals surface area contributed by atoms with E-state index in [1.807, 2.05) is 38.1 Å². The summed E-state index contributed by atoms with van der Waals surface area (Å²) in [7, 11) is 0. The number of anilines is 3. The molecular formula is C19H24N6O. The maximum Gasteiger partial charge on any atom is 0.296 e. The Morgan fingerprint density at radius 3 is 2.81 bits per heavy atom. The first-order valence-electron chi connectivity index (χ1n) is 9.05. The van der Waals surface area contributed by atoms with Crippen molar-refractivity contribution in [2.45, 2.75) is 26.3 Å². The third-order valence-corrected chi connectivity index (χ3v) is 5.17. The number of amides is 1. The lowest BCUT2D eigenvalue weighted by atomic mass is 10.2. The number of fused-ring (bicyclic) bond motifs is 1. The molecular weight excluding hydrogens is 328 g/mol. The predicted octanol–water partition coefficient (Wildman–Crippen LogP) is 1.70. The van der Waals surface area contributed by atoms with Gasteiger partial charge in [0.1, 0.15) is 5.82 Å². The van der Waals surface area contributed by atoms with Crippen LogP contribution in [0.4, 0.5) is 17.2 Å². The van der Waals surface area contributed by atoms with Gasteiger partial charge in [0.05, 0.1) is 11.4 Å². The van der Waals surface area contributed by atoms with Crippen LogP contribution in [0.15, 0.2) is 24.3 Å². The molecule has 2 aliphatic rings. The number of hydrogen-bond donors (Lipinski definition) is 2. The minimum Gasteiger partial charge on any atom is -0.382 e. The summed E-state index contributed by atoms with van der Waals surface area (Å²) >= 11 is 0. The SMILES string of the molecule is Cc1nc(C(=O)N2CCNc3ccccc32)nc(N2CC[C@@H](N)C2)c1C. The molecule has 0 spiro atoms. The van der Waals surface area contributed by atoms with Gasteiger partial charge >= 0.3 is 0 Å². The van der Waals surface area contributed by atoms with E-state index >= 15 is 0 Å². The first-order valence-corrected chi connectivity index (χ1v) is 9.05. The molecule has 136 valence electrons. The van der Waals surface area contributed by atoms with Crippen molar-refractivity contribution in [1.29, 1.82) is 0 Å². The molecule has 1 amide bonds. The van der Waals surface area contributed by atoms with Gasteiger partial charge in [0.15, 0.2) is 0 Å². The molecule has 1 aromatic heterocycles. The van der Waals surface area contributed by atoms with Crippen LogP contribution in [0, 0.1) is 13.8 Å². The molecule has 2 aromatic rings. The molecule has 26 heavy (non-hydrogen) atoms. The van der Waals surface area contributed by atoms with Gasteiger partial charge in [-0.15, -0.1) is 0 Å². The lowest BCUT2D eigenvalue weighted by Crippen LogP contribution is -2.40. The number of hydrogen-bond acceptors (Lipinski definition) is 6. The van der Waals surface area contributed by atoms with Crippen LogP contribution in [0.5, 0.6) is 0 Å². The van der Waals surface area contributed by atoms with Crippen molar-refractivity contribution < 1.29 is 4.79 Å². The number of carbonyl (C=O) groups is 1. The van der Waals surface area contributed by atoms with Gasteiger partial charge in [0.25, 0.3) is 5.91 Å². The number of nitrogens with zero attached hydrogens (tertiary/aromatic N) is 4. The minimum atomic E-state index is -0.160. The molecule has 7 heteroatoms. The third kappa shape index (κ3) is 2.88. The van der Waals surface area contributed by atoms with Crippen molar-refractivity contribution in [3.05, 3.63) is 41.3 Å². The highest BCUT2D eigenvalue weighted by Gasteiger charge is 2.28. The fraction of sp³-hybridized carbons (Fsp3) is 0.421. The molecule has 0 saturated carbocycles. The largest absolute Gasteiger partial charge is 0.382 e. The van der Waals surface area contributed by atoms with E-state index in [0.717, 1.165) is 48.0 Å². The zero-order chi connectivity index (χ0) is 18.3. The second-order valence-corrected chi connectivity index (χ2v) is 6.98. The zero-order valence-electron chi connectivity index (χ0n) is 15.2. The van der Waals surface area contributed by atoms with E-state index in [2.05, 4.69) is 20.2 Å². The standard InChI is InChI=1S/C19H24N6O/c1-12-13(2)22-17(23-18(12)24-9-7-14(20)11-24)19(26)25-10-8-21-15-5-3-4-6-16(15)25/h3-6,14,21H,7-11,20H2,1-2H3/t14-/m1/s1. The second-order valence-electron chi connectivity index (χ2n) is 6.98. The first-order chi connectivity index (χ1) is 12.5. The van der Waals surface area contributed by atoms with E-state index in [4.69, 9.17) is 5.73 Å². The summed E-state index contributed by atoms with van der Waals surface area (Å²) in [6.07, 6.45) is 0.941. The van der Waals surface area contributed by atoms with Crippen LogP contribution in [0.1, 0.15) is 28.3 Å². The molecule has 3 heterocycles. The fourth-order valence-corrected chi connectivity index (χ4v) is 3.61. The number of benzene rings is 1. The number of carbonyl (C=O) groups excluding carboxylic acids is 1. The summed E-state index contributed by atoms with van der Waals surface area (Å²) < 4.78 is 0. The van der Waals surface area contributed by atoms with Gasteiger partial charge in [-0.25, -0.2) is 9.97 Å². The van der Waals surface area contributed by atoms with Crippen molar-refractivity contribution in [2.75, 3.05) is 41.3 Å². The van der Waals surface area contributed by atoms with E-state index in [0.29, 0.717) is 13.1 Å². The van der Waals surface area contributed by atoms with E-state index in [1.165, 1.54) is 0 Å². The summed E-state index contributed by atoms with van der Waals surface area (Å²) in [6, 6.07) is 7.98. The Hall–Kier alpha value is -2.67. The topological polar surface area (TPSA) is 87.4 Å². The van der Waals surface area contributed by atoms with Crippen LogP contribution in [0.3, 0.4) is 0 Å². The highest BCUT2D eigenvalue weighted by atomic mass is 16.2. The Morgan fingerprint density at radius 2 is 2.04 bits per heavy atom. The Kier molecular flexibility index (Phi) is 4.24. The lowest BCUT2D eigenvalue weighted by Gasteiger charge is -2.30. The summed E-state index contributed by atoms with van der Waals surface area (Å²) in [5.74, 6) is 0.921. The van der Waals surface area contributed by atoms with Gasteiger partial charge < -0.3 is 20.9 Å². The number of rotatable bonds is 2. The van der Waals surface area contributed by atoms with E-state index in [9.17, 15) is 4.79 Å². The van der Waals surface area contributed by atoms with E-state index in [-0.39, 0.29) is 17.8 Å². The van der Waals surface area contributed by atoms with Crippen molar-refractivity contribution >= 4 is 23.1 Å². The monoisotopic (exact) mass is 352 g/mol. The molecule has 7 nitrogen and oxygen atoms in total. The van der Waals surface area contributed by atoms with Crippen LogP contribution < -0.4 is 20.9 Å². The number of aromatic nitrogens is 2. The van der Waals surface area contributed by atoms with Gasteiger partial charge in [-0.2, -0.15) is 0 Å². The number of para-hydroxylation sites is 2. The summed E-state index contributed by atoms with van der Waals surface area (Å²) in [4.78, 5) is 26.2. The van der Waals surface area contributed by atoms with Crippen LogP contribution in [-0.2, 0) is 0 Å². The molecule has 0 unspecified atom stereocenters. The average molecular weight is 352 g/mol. The number of aryl methyl sites for hydroxylation is 1. The van der Waals surface area contributed by atoms with Crippen LogP contribution in [-0.4, -0.2) is 48.1 Å². The van der Waals surface area contributed by atoms with Crippen LogP contribution >= 0.6 is 0 Å². The normalized spacial score (nSPS) is 19.3. The summed E-state index contributed by atoms with van der Waals surface area (Å²) in [6.45, 7) is 6.86. The average Bonchev–Trinajstić information content (AvgIpc) is 3.09. The molecule has 1 saturated heterocycles. The van der Waals surface area contributed by atoms with Gasteiger partial charge in [0, 0.05) is 43.5 Å². The third-order valence-electron chi connectivity index (χ3n) is 5.17. The smallest absolute Gasteiger partial charge is 0.296 e. The van der Waals surface area contributed by atoms with Crippen molar-refractivity contribution in [1.82, 2.24) is 9.97 Å². The predicted molar refractivity (Wildman–Crippen MR) is 103 cm³/mol. The van der Waals surface area contributed by atoms with Gasteiger partial charge in [-0.05, 0) is 32.4 Å². The Balaban J connectivity index is 1.70. The minimum absolute atomic E-state index is 0.156. The maximum atomic E-state index is 13.2. The Morgan fingerprint density at radius 1 is 1.23 bits per heavy atom. The number of nitrogens with one attached hydrogen (secondary N) is 1. The molecule has 1 fully saturated rings. The lowest BCUT2D eigenvalue weighted by molar-refractivity contribution is 0.0977. The molecule has 2 aliphatic heterocycles. The van der Waals surface area contributed by atoms with Gasteiger partial charge in [0.2, 0.25) is 5.82 Å². The van der Waals surface area contributed by atoms with Gasteiger partial charge in [-0.3, -0.25) is 4.79 Å². The highest BCUT2D eigenvalue weighted by molar-refractivity contribution is 6.06. The molecule has 3 N–H and O–H groups in total. The second kappa shape index (κ2) is 6.57. The quantitative estimate of drug-likeness (QED) is 0.855. The first kappa shape index (κ1) is 16.8. The van der Waals surface area contributed by atoms with Crippen molar-refractivity contribution in [3.63, 3.8) is 0 Å². The fourth-order valence-electron chi connectivity index (χ4n) is 3.61. The van der Waals surface area contributed by atoms with Crippen molar-refractivity contribution in [2.24, 2.45) is 5.73 Å². The zero-order valence-corrected chi connectivity index (χ0v) is 15.2. The van der Waals surface area contributed by atoms with Gasteiger partial charge in [-0.1, -0.05) is 12.1 Å². The molecule has 1 atom stereocenters.